The number of hydrogen-bond acceptors (Lipinski definition) is 4. The minimum atomic E-state index is -1.04. The molecule has 6 heteroatoms. The molecule has 1 fully saturated rings. The monoisotopic (exact) mass is 385 g/mol. The minimum Gasteiger partial charge on any atom is -0.482 e. The summed E-state index contributed by atoms with van der Waals surface area (Å²) in [5.41, 5.74) is 2.28. The molecular weight excluding hydrogens is 362 g/mol. The minimum absolute atomic E-state index is 0.172. The number of aliphatic carboxylic acids is 1. The second kappa shape index (κ2) is 8.95. The number of carbonyl (C=O) groups is 2. The third kappa shape index (κ3) is 5.50. The number of carboxylic acid groups (broad SMARTS) is 1. The van der Waals surface area contributed by atoms with Gasteiger partial charge in [-0.1, -0.05) is 30.5 Å². The molecule has 0 spiro atoms. The fourth-order valence-electron chi connectivity index (χ4n) is 3.12. The maximum Gasteiger partial charge on any atom is 0.341 e. The molecule has 142 valence electrons. The SMILES string of the molecule is Cc1ccc(SC2CCCC2)c(C(=O)Nc2cccc(OCC(=O)O)c2)c1. The van der Waals surface area contributed by atoms with E-state index in [0.717, 1.165) is 10.5 Å². The average Bonchev–Trinajstić information content (AvgIpc) is 3.15. The highest BCUT2D eigenvalue weighted by molar-refractivity contribution is 8.00. The zero-order chi connectivity index (χ0) is 19.2. The van der Waals surface area contributed by atoms with Gasteiger partial charge in [-0.2, -0.15) is 0 Å². The van der Waals surface area contributed by atoms with E-state index >= 15 is 0 Å². The van der Waals surface area contributed by atoms with Gasteiger partial charge in [0.25, 0.3) is 5.91 Å². The Morgan fingerprint density at radius 2 is 1.96 bits per heavy atom. The number of anilines is 1. The van der Waals surface area contributed by atoms with Gasteiger partial charge in [-0.15, -0.1) is 11.8 Å². The molecule has 0 bridgehead atoms. The number of carbonyl (C=O) groups excluding carboxylic acids is 1. The van der Waals surface area contributed by atoms with Gasteiger partial charge in [0.2, 0.25) is 0 Å². The maximum absolute atomic E-state index is 12.9. The fourth-order valence-corrected chi connectivity index (χ4v) is 4.47. The van der Waals surface area contributed by atoms with Gasteiger partial charge < -0.3 is 15.2 Å². The molecule has 0 unspecified atom stereocenters. The quantitative estimate of drug-likeness (QED) is 0.720. The van der Waals surface area contributed by atoms with E-state index in [9.17, 15) is 9.59 Å². The van der Waals surface area contributed by atoms with E-state index in [-0.39, 0.29) is 5.91 Å². The van der Waals surface area contributed by atoms with E-state index in [1.807, 2.05) is 25.1 Å². The Morgan fingerprint density at radius 1 is 1.19 bits per heavy atom. The molecule has 1 aliphatic carbocycles. The molecule has 2 aromatic carbocycles. The van der Waals surface area contributed by atoms with Gasteiger partial charge in [-0.3, -0.25) is 4.79 Å². The molecule has 0 aliphatic heterocycles. The van der Waals surface area contributed by atoms with Crippen molar-refractivity contribution in [3.8, 4) is 5.75 Å². The molecule has 27 heavy (non-hydrogen) atoms. The highest BCUT2D eigenvalue weighted by Gasteiger charge is 2.20. The first-order chi connectivity index (χ1) is 13.0. The molecule has 0 aromatic heterocycles. The van der Waals surface area contributed by atoms with Crippen LogP contribution in [0.5, 0.6) is 5.75 Å². The third-order valence-electron chi connectivity index (χ3n) is 4.43. The van der Waals surface area contributed by atoms with Crippen LogP contribution in [0.1, 0.15) is 41.6 Å². The van der Waals surface area contributed by atoms with Crippen LogP contribution < -0.4 is 10.1 Å². The Morgan fingerprint density at radius 3 is 2.70 bits per heavy atom. The molecule has 5 nitrogen and oxygen atoms in total. The number of benzene rings is 2. The van der Waals surface area contributed by atoms with Gasteiger partial charge in [0.15, 0.2) is 6.61 Å². The summed E-state index contributed by atoms with van der Waals surface area (Å²) in [6, 6.07) is 12.7. The Hall–Kier alpha value is -2.47. The second-order valence-electron chi connectivity index (χ2n) is 6.69. The number of hydrogen-bond donors (Lipinski definition) is 2. The van der Waals surface area contributed by atoms with Gasteiger partial charge >= 0.3 is 5.97 Å². The molecule has 0 saturated heterocycles. The van der Waals surface area contributed by atoms with Crippen LogP contribution in [-0.4, -0.2) is 28.8 Å². The van der Waals surface area contributed by atoms with E-state index in [0.29, 0.717) is 22.3 Å². The fraction of sp³-hybridized carbons (Fsp3) is 0.333. The number of aryl methyl sites for hydroxylation is 1. The molecule has 2 N–H and O–H groups in total. The predicted molar refractivity (Wildman–Crippen MR) is 107 cm³/mol. The normalized spacial score (nSPS) is 14.1. The molecule has 1 amide bonds. The van der Waals surface area contributed by atoms with Crippen molar-refractivity contribution >= 4 is 29.3 Å². The number of ether oxygens (including phenoxy) is 1. The van der Waals surface area contributed by atoms with Crippen LogP contribution in [-0.2, 0) is 4.79 Å². The molecular formula is C21H23NO4S. The number of rotatable bonds is 7. The van der Waals surface area contributed by atoms with E-state index < -0.39 is 12.6 Å². The van der Waals surface area contributed by atoms with Gasteiger partial charge in [0, 0.05) is 21.9 Å². The first kappa shape index (κ1) is 19.3. The van der Waals surface area contributed by atoms with Crippen LogP contribution in [0.4, 0.5) is 5.69 Å². The lowest BCUT2D eigenvalue weighted by Gasteiger charge is -2.14. The van der Waals surface area contributed by atoms with Gasteiger partial charge in [-0.05, 0) is 44.0 Å². The summed E-state index contributed by atoms with van der Waals surface area (Å²) in [6.07, 6.45) is 4.91. The number of nitrogens with one attached hydrogen (secondary N) is 1. The summed E-state index contributed by atoms with van der Waals surface area (Å²) in [7, 11) is 0. The zero-order valence-electron chi connectivity index (χ0n) is 15.2. The average molecular weight is 385 g/mol. The predicted octanol–water partition coefficient (Wildman–Crippen LogP) is 4.75. The lowest BCUT2D eigenvalue weighted by molar-refractivity contribution is -0.139. The topological polar surface area (TPSA) is 75.6 Å². The molecule has 2 aromatic rings. The first-order valence-electron chi connectivity index (χ1n) is 9.04. The van der Waals surface area contributed by atoms with Crippen LogP contribution in [0.2, 0.25) is 0 Å². The van der Waals surface area contributed by atoms with Crippen molar-refractivity contribution in [2.45, 2.75) is 42.8 Å². The summed E-state index contributed by atoms with van der Waals surface area (Å²) >= 11 is 1.79. The van der Waals surface area contributed by atoms with Gasteiger partial charge in [0.05, 0.1) is 5.56 Å². The number of thioether (sulfide) groups is 1. The van der Waals surface area contributed by atoms with Crippen molar-refractivity contribution in [3.05, 3.63) is 53.6 Å². The third-order valence-corrected chi connectivity index (χ3v) is 5.84. The van der Waals surface area contributed by atoms with Crippen molar-refractivity contribution in [2.75, 3.05) is 11.9 Å². The number of carboxylic acids is 1. The van der Waals surface area contributed by atoms with Crippen LogP contribution in [0, 0.1) is 6.92 Å². The summed E-state index contributed by atoms with van der Waals surface area (Å²) in [4.78, 5) is 24.5. The van der Waals surface area contributed by atoms with Crippen molar-refractivity contribution in [2.24, 2.45) is 0 Å². The molecule has 3 rings (SSSR count). The maximum atomic E-state index is 12.9. The van der Waals surface area contributed by atoms with Gasteiger partial charge in [-0.25, -0.2) is 4.79 Å². The molecule has 0 heterocycles. The summed E-state index contributed by atoms with van der Waals surface area (Å²) in [5.74, 6) is -0.813. The van der Waals surface area contributed by atoms with Crippen LogP contribution in [0.25, 0.3) is 0 Å². The Bertz CT molecular complexity index is 831. The molecule has 1 aliphatic rings. The highest BCUT2D eigenvalue weighted by atomic mass is 32.2. The van der Waals surface area contributed by atoms with Crippen LogP contribution >= 0.6 is 11.8 Å². The van der Waals surface area contributed by atoms with Crippen LogP contribution in [0.3, 0.4) is 0 Å². The summed E-state index contributed by atoms with van der Waals surface area (Å²) < 4.78 is 5.17. The van der Waals surface area contributed by atoms with Crippen LogP contribution in [0.15, 0.2) is 47.4 Å². The standard InChI is InChI=1S/C21H23NO4S/c1-14-9-10-19(27-17-7-2-3-8-17)18(11-14)21(25)22-15-5-4-6-16(12-15)26-13-20(23)24/h4-6,9-12,17H,2-3,7-8,13H2,1H3,(H,22,25)(H,23,24). The van der Waals surface area contributed by atoms with Crippen molar-refractivity contribution < 1.29 is 19.4 Å². The van der Waals surface area contributed by atoms with Crippen molar-refractivity contribution in [3.63, 3.8) is 0 Å². The smallest absolute Gasteiger partial charge is 0.341 e. The lowest BCUT2D eigenvalue weighted by atomic mass is 10.1. The van der Waals surface area contributed by atoms with Crippen molar-refractivity contribution in [1.29, 1.82) is 0 Å². The van der Waals surface area contributed by atoms with E-state index in [1.54, 1.807) is 36.0 Å². The second-order valence-corrected chi connectivity index (χ2v) is 8.03. The Labute approximate surface area is 163 Å². The van der Waals surface area contributed by atoms with E-state index in [2.05, 4.69) is 5.32 Å². The first-order valence-corrected chi connectivity index (χ1v) is 9.92. The molecule has 0 atom stereocenters. The van der Waals surface area contributed by atoms with E-state index in [1.165, 1.54) is 25.7 Å². The van der Waals surface area contributed by atoms with E-state index in [4.69, 9.17) is 9.84 Å². The molecule has 1 saturated carbocycles. The Kier molecular flexibility index (Phi) is 6.40. The molecule has 0 radical (unpaired) electrons. The lowest BCUT2D eigenvalue weighted by Crippen LogP contribution is -2.14. The summed E-state index contributed by atoms with van der Waals surface area (Å²) in [5, 5.41) is 12.2. The zero-order valence-corrected chi connectivity index (χ0v) is 16.1. The van der Waals surface area contributed by atoms with Crippen molar-refractivity contribution in [1.82, 2.24) is 0 Å². The largest absolute Gasteiger partial charge is 0.482 e. The highest BCUT2D eigenvalue weighted by Crippen LogP contribution is 2.36. The summed E-state index contributed by atoms with van der Waals surface area (Å²) in [6.45, 7) is 1.55. The number of amides is 1. The Balaban J connectivity index is 1.74. The van der Waals surface area contributed by atoms with Gasteiger partial charge in [0.1, 0.15) is 5.75 Å².